The van der Waals surface area contributed by atoms with E-state index in [1.807, 2.05) is 11.8 Å². The van der Waals surface area contributed by atoms with Gasteiger partial charge in [-0.2, -0.15) is 0 Å². The first kappa shape index (κ1) is 16.8. The third-order valence-corrected chi connectivity index (χ3v) is 5.29. The number of benzene rings is 2. The van der Waals surface area contributed by atoms with Gasteiger partial charge >= 0.3 is 0 Å². The van der Waals surface area contributed by atoms with Gasteiger partial charge in [-0.25, -0.2) is 4.39 Å². The first-order valence-electron chi connectivity index (χ1n) is 7.96. The number of hydrogen-bond donors (Lipinski definition) is 0. The van der Waals surface area contributed by atoms with Crippen LogP contribution >= 0.6 is 11.8 Å². The van der Waals surface area contributed by atoms with Crippen molar-refractivity contribution in [3.8, 4) is 5.75 Å². The Morgan fingerprint density at radius 2 is 1.96 bits per heavy atom. The lowest BCUT2D eigenvalue weighted by atomic mass is 10.1. The minimum Gasteiger partial charge on any atom is -0.478 e. The van der Waals surface area contributed by atoms with Crippen molar-refractivity contribution in [3.63, 3.8) is 0 Å². The molecule has 2 aromatic rings. The lowest BCUT2D eigenvalue weighted by Crippen LogP contribution is -2.40. The molecule has 1 saturated heterocycles. The van der Waals surface area contributed by atoms with Gasteiger partial charge in [0.25, 0.3) is 5.91 Å². The minimum absolute atomic E-state index is 0.00947. The van der Waals surface area contributed by atoms with Crippen molar-refractivity contribution in [1.82, 2.24) is 4.90 Å². The van der Waals surface area contributed by atoms with Crippen molar-refractivity contribution in [2.24, 2.45) is 0 Å². The molecule has 24 heavy (non-hydrogen) atoms. The molecule has 1 heterocycles. The van der Waals surface area contributed by atoms with Crippen LogP contribution in [-0.2, 0) is 4.79 Å². The van der Waals surface area contributed by atoms with E-state index in [4.69, 9.17) is 4.74 Å². The molecule has 1 aliphatic rings. The molecule has 126 valence electrons. The van der Waals surface area contributed by atoms with Crippen molar-refractivity contribution >= 4 is 17.7 Å². The van der Waals surface area contributed by atoms with E-state index in [0.29, 0.717) is 6.54 Å². The highest BCUT2D eigenvalue weighted by atomic mass is 32.2. The van der Waals surface area contributed by atoms with Crippen LogP contribution in [0.4, 0.5) is 4.39 Å². The van der Waals surface area contributed by atoms with Crippen LogP contribution in [0.5, 0.6) is 5.75 Å². The first-order chi connectivity index (χ1) is 11.6. The van der Waals surface area contributed by atoms with Gasteiger partial charge in [0, 0.05) is 12.3 Å². The number of thioether (sulfide) groups is 1. The number of nitrogens with zero attached hydrogens (tertiary/aromatic N) is 1. The van der Waals surface area contributed by atoms with Crippen molar-refractivity contribution in [3.05, 3.63) is 65.5 Å². The molecule has 3 rings (SSSR count). The van der Waals surface area contributed by atoms with Crippen LogP contribution in [0.3, 0.4) is 0 Å². The number of halogens is 1. The number of hydrogen-bond acceptors (Lipinski definition) is 3. The lowest BCUT2D eigenvalue weighted by molar-refractivity contribution is -0.138. The zero-order valence-electron chi connectivity index (χ0n) is 13.7. The first-order valence-corrected chi connectivity index (χ1v) is 9.01. The predicted molar refractivity (Wildman–Crippen MR) is 94.6 cm³/mol. The van der Waals surface area contributed by atoms with E-state index in [0.717, 1.165) is 11.3 Å². The minimum atomic E-state index is -0.728. The fourth-order valence-corrected chi connectivity index (χ4v) is 3.98. The summed E-state index contributed by atoms with van der Waals surface area (Å²) in [5.74, 6) is 0.422. The number of para-hydroxylation sites is 1. The maximum absolute atomic E-state index is 13.7. The Kier molecular flexibility index (Phi) is 5.09. The Hall–Kier alpha value is -2.01. The Labute approximate surface area is 145 Å². The molecule has 0 N–H and O–H groups in total. The second kappa shape index (κ2) is 7.26. The van der Waals surface area contributed by atoms with E-state index in [-0.39, 0.29) is 17.0 Å². The summed E-state index contributed by atoms with van der Waals surface area (Å²) in [5, 5.41) is -0.00947. The number of ether oxygens (including phenoxy) is 1. The topological polar surface area (TPSA) is 29.5 Å². The van der Waals surface area contributed by atoms with Gasteiger partial charge in [0.1, 0.15) is 5.37 Å². The van der Waals surface area contributed by atoms with Crippen LogP contribution in [0.1, 0.15) is 23.4 Å². The summed E-state index contributed by atoms with van der Waals surface area (Å²) in [7, 11) is 0. The van der Waals surface area contributed by atoms with E-state index in [1.165, 1.54) is 17.7 Å². The quantitative estimate of drug-likeness (QED) is 0.833. The van der Waals surface area contributed by atoms with Gasteiger partial charge in [0.15, 0.2) is 17.7 Å². The number of carbonyl (C=O) groups excluding carboxylic acids is 1. The molecule has 0 bridgehead atoms. The largest absolute Gasteiger partial charge is 0.478 e. The maximum Gasteiger partial charge on any atom is 0.264 e. The molecule has 0 aromatic heterocycles. The molecule has 3 nitrogen and oxygen atoms in total. The van der Waals surface area contributed by atoms with Crippen LogP contribution in [0.25, 0.3) is 0 Å². The normalized spacial score (nSPS) is 18.5. The summed E-state index contributed by atoms with van der Waals surface area (Å²) in [6.45, 7) is 4.38. The Morgan fingerprint density at radius 3 is 2.67 bits per heavy atom. The number of aryl methyl sites for hydroxylation is 1. The Bertz CT molecular complexity index is 720. The molecule has 2 atom stereocenters. The molecule has 0 radical (unpaired) electrons. The summed E-state index contributed by atoms with van der Waals surface area (Å²) in [6.07, 6.45) is -0.728. The number of rotatable bonds is 4. The fourth-order valence-electron chi connectivity index (χ4n) is 2.72. The molecule has 2 aromatic carbocycles. The summed E-state index contributed by atoms with van der Waals surface area (Å²) >= 11 is 1.74. The average Bonchev–Trinajstić information content (AvgIpc) is 3.06. The average molecular weight is 345 g/mol. The SMILES string of the molecule is Cc1ccc(C2SCCN2C(=O)C(C)Oc2ccccc2F)cc1. The zero-order chi connectivity index (χ0) is 17.1. The predicted octanol–water partition coefficient (Wildman–Crippen LogP) is 4.18. The number of amides is 1. The van der Waals surface area contributed by atoms with Gasteiger partial charge in [-0.15, -0.1) is 11.8 Å². The molecule has 1 amide bonds. The van der Waals surface area contributed by atoms with Gasteiger partial charge in [-0.05, 0) is 31.5 Å². The van der Waals surface area contributed by atoms with E-state index < -0.39 is 11.9 Å². The van der Waals surface area contributed by atoms with Crippen molar-refractivity contribution in [2.45, 2.75) is 25.3 Å². The molecule has 1 fully saturated rings. The Morgan fingerprint density at radius 1 is 1.25 bits per heavy atom. The summed E-state index contributed by atoms with van der Waals surface area (Å²) in [5.41, 5.74) is 2.30. The van der Waals surface area contributed by atoms with E-state index in [9.17, 15) is 9.18 Å². The zero-order valence-corrected chi connectivity index (χ0v) is 14.6. The van der Waals surface area contributed by atoms with Crippen LogP contribution in [0.2, 0.25) is 0 Å². The van der Waals surface area contributed by atoms with Crippen LogP contribution in [0.15, 0.2) is 48.5 Å². The molecular formula is C19H20FNO2S. The highest BCUT2D eigenvalue weighted by molar-refractivity contribution is 7.99. The summed E-state index contributed by atoms with van der Waals surface area (Å²) in [6, 6.07) is 14.4. The lowest BCUT2D eigenvalue weighted by Gasteiger charge is -2.27. The van der Waals surface area contributed by atoms with E-state index >= 15 is 0 Å². The third kappa shape index (κ3) is 3.56. The smallest absolute Gasteiger partial charge is 0.264 e. The van der Waals surface area contributed by atoms with E-state index in [1.54, 1.807) is 30.8 Å². The number of carbonyl (C=O) groups is 1. The van der Waals surface area contributed by atoms with Gasteiger partial charge in [0.05, 0.1) is 0 Å². The molecule has 1 aliphatic heterocycles. The Balaban J connectivity index is 1.73. The molecule has 2 unspecified atom stereocenters. The molecule has 0 spiro atoms. The van der Waals surface area contributed by atoms with Crippen LogP contribution in [0, 0.1) is 12.7 Å². The summed E-state index contributed by atoms with van der Waals surface area (Å²) in [4.78, 5) is 14.6. The molecule has 0 saturated carbocycles. The standard InChI is InChI=1S/C19H20FNO2S/c1-13-7-9-15(10-8-13)19-21(11-12-24-19)18(22)14(2)23-17-6-4-3-5-16(17)20/h3-10,14,19H,11-12H2,1-2H3. The summed E-state index contributed by atoms with van der Waals surface area (Å²) < 4.78 is 19.3. The van der Waals surface area contributed by atoms with Crippen LogP contribution < -0.4 is 4.74 Å². The van der Waals surface area contributed by atoms with E-state index in [2.05, 4.69) is 24.3 Å². The highest BCUT2D eigenvalue weighted by Crippen LogP contribution is 2.38. The van der Waals surface area contributed by atoms with Crippen molar-refractivity contribution < 1.29 is 13.9 Å². The van der Waals surface area contributed by atoms with Crippen LogP contribution in [-0.4, -0.2) is 29.2 Å². The maximum atomic E-state index is 13.7. The van der Waals surface area contributed by atoms with Gasteiger partial charge in [-0.3, -0.25) is 4.79 Å². The molecular weight excluding hydrogens is 325 g/mol. The molecule has 5 heteroatoms. The second-order valence-electron chi connectivity index (χ2n) is 5.86. The van der Waals surface area contributed by atoms with Gasteiger partial charge < -0.3 is 9.64 Å². The fraction of sp³-hybridized carbons (Fsp3) is 0.316. The highest BCUT2D eigenvalue weighted by Gasteiger charge is 2.34. The second-order valence-corrected chi connectivity index (χ2v) is 7.04. The third-order valence-electron chi connectivity index (χ3n) is 4.02. The monoisotopic (exact) mass is 345 g/mol. The molecule has 0 aliphatic carbocycles. The van der Waals surface area contributed by atoms with Crippen molar-refractivity contribution in [2.75, 3.05) is 12.3 Å². The van der Waals surface area contributed by atoms with Gasteiger partial charge in [0.2, 0.25) is 0 Å². The van der Waals surface area contributed by atoms with Gasteiger partial charge in [-0.1, -0.05) is 42.0 Å². The van der Waals surface area contributed by atoms with Crippen molar-refractivity contribution in [1.29, 1.82) is 0 Å².